The van der Waals surface area contributed by atoms with Crippen LogP contribution in [-0.4, -0.2) is 13.5 Å². The van der Waals surface area contributed by atoms with Crippen LogP contribution >= 0.6 is 0 Å². The lowest BCUT2D eigenvalue weighted by atomic mass is 9.86. The van der Waals surface area contributed by atoms with Crippen LogP contribution in [0.2, 0.25) is 0 Å². The van der Waals surface area contributed by atoms with Gasteiger partial charge in [0.05, 0.1) is 4.90 Å². The number of phenolic OH excluding ortho intramolecular Hbond substituents is 1. The van der Waals surface area contributed by atoms with Gasteiger partial charge in [-0.2, -0.15) is 0 Å². The number of hydrogen-bond donors (Lipinski definition) is 1. The molecule has 0 spiro atoms. The van der Waals surface area contributed by atoms with Crippen molar-refractivity contribution in [1.29, 1.82) is 0 Å². The fraction of sp³-hybridized carbons (Fsp3) is 0.500. The number of allylic oxidation sites excluding steroid dienone is 1. The van der Waals surface area contributed by atoms with E-state index in [-0.39, 0.29) is 10.6 Å². The second-order valence-corrected chi connectivity index (χ2v) is 7.85. The van der Waals surface area contributed by atoms with Crippen molar-refractivity contribution in [2.75, 3.05) is 0 Å². The summed E-state index contributed by atoms with van der Waals surface area (Å²) < 4.78 is 24.9. The van der Waals surface area contributed by atoms with Gasteiger partial charge in [0, 0.05) is 4.91 Å². The van der Waals surface area contributed by atoms with Crippen LogP contribution in [0.3, 0.4) is 0 Å². The molecule has 1 aliphatic carbocycles. The standard InChI is InChI=1S/C16H20O3S/c17-14-8-7-13-10-15(20(18,19)16(13)11-14)9-6-12-4-2-1-3-5-12/h7-8,10-12,17H,1-6,9H2. The van der Waals surface area contributed by atoms with Gasteiger partial charge in [-0.3, -0.25) is 0 Å². The van der Waals surface area contributed by atoms with Crippen molar-refractivity contribution < 1.29 is 13.5 Å². The molecule has 1 aromatic carbocycles. The first kappa shape index (κ1) is 13.7. The van der Waals surface area contributed by atoms with Gasteiger partial charge in [-0.1, -0.05) is 32.1 Å². The highest BCUT2D eigenvalue weighted by atomic mass is 32.2. The number of fused-ring (bicyclic) bond motifs is 1. The third-order valence-electron chi connectivity index (χ3n) is 4.47. The van der Waals surface area contributed by atoms with Gasteiger partial charge in [0.1, 0.15) is 5.75 Å². The Labute approximate surface area is 120 Å². The molecular weight excluding hydrogens is 272 g/mol. The molecule has 3 nitrogen and oxygen atoms in total. The van der Waals surface area contributed by atoms with Gasteiger partial charge in [-0.25, -0.2) is 8.42 Å². The largest absolute Gasteiger partial charge is 0.508 e. The molecule has 0 radical (unpaired) electrons. The number of benzene rings is 1. The molecule has 1 aliphatic heterocycles. The van der Waals surface area contributed by atoms with Crippen LogP contribution in [0.5, 0.6) is 5.75 Å². The third-order valence-corrected chi connectivity index (χ3v) is 6.42. The van der Waals surface area contributed by atoms with E-state index in [2.05, 4.69) is 0 Å². The van der Waals surface area contributed by atoms with E-state index in [9.17, 15) is 13.5 Å². The molecule has 1 heterocycles. The molecule has 0 aromatic heterocycles. The second-order valence-electron chi connectivity index (χ2n) is 5.88. The molecule has 1 aromatic rings. The Bertz CT molecular complexity index is 638. The number of hydrogen-bond acceptors (Lipinski definition) is 3. The zero-order valence-electron chi connectivity index (χ0n) is 11.5. The minimum Gasteiger partial charge on any atom is -0.508 e. The summed E-state index contributed by atoms with van der Waals surface area (Å²) in [6.07, 6.45) is 9.72. The van der Waals surface area contributed by atoms with Crippen LogP contribution in [0.4, 0.5) is 0 Å². The molecule has 0 amide bonds. The summed E-state index contributed by atoms with van der Waals surface area (Å²) in [6.45, 7) is 0. The predicted molar refractivity (Wildman–Crippen MR) is 79.1 cm³/mol. The smallest absolute Gasteiger partial charge is 0.203 e. The first-order valence-corrected chi connectivity index (χ1v) is 8.84. The quantitative estimate of drug-likeness (QED) is 0.919. The van der Waals surface area contributed by atoms with Crippen LogP contribution in [-0.2, 0) is 9.84 Å². The highest BCUT2D eigenvalue weighted by Crippen LogP contribution is 2.38. The normalized spacial score (nSPS) is 21.5. The van der Waals surface area contributed by atoms with E-state index >= 15 is 0 Å². The lowest BCUT2D eigenvalue weighted by Gasteiger charge is -2.21. The minimum atomic E-state index is -3.37. The van der Waals surface area contributed by atoms with Gasteiger partial charge in [0.15, 0.2) is 0 Å². The maximum Gasteiger partial charge on any atom is 0.203 e. The molecule has 0 bridgehead atoms. The summed E-state index contributed by atoms with van der Waals surface area (Å²) in [4.78, 5) is 0.778. The SMILES string of the molecule is O=S1(=O)C(CCC2CCCCC2)=Cc2ccc(O)cc21. The van der Waals surface area contributed by atoms with Gasteiger partial charge in [0.25, 0.3) is 0 Å². The molecule has 20 heavy (non-hydrogen) atoms. The lowest BCUT2D eigenvalue weighted by molar-refractivity contribution is 0.340. The lowest BCUT2D eigenvalue weighted by Crippen LogP contribution is -2.08. The Morgan fingerprint density at radius 3 is 2.65 bits per heavy atom. The van der Waals surface area contributed by atoms with Crippen molar-refractivity contribution in [2.24, 2.45) is 5.92 Å². The van der Waals surface area contributed by atoms with E-state index < -0.39 is 9.84 Å². The fourth-order valence-electron chi connectivity index (χ4n) is 3.30. The van der Waals surface area contributed by atoms with Crippen molar-refractivity contribution in [2.45, 2.75) is 49.8 Å². The van der Waals surface area contributed by atoms with E-state index in [0.29, 0.717) is 22.8 Å². The van der Waals surface area contributed by atoms with Gasteiger partial charge in [0.2, 0.25) is 9.84 Å². The Morgan fingerprint density at radius 1 is 1.15 bits per heavy atom. The fourth-order valence-corrected chi connectivity index (χ4v) is 4.96. The molecule has 1 fully saturated rings. The maximum absolute atomic E-state index is 12.4. The van der Waals surface area contributed by atoms with Crippen LogP contribution in [0, 0.1) is 5.92 Å². The molecular formula is C16H20O3S. The average molecular weight is 292 g/mol. The molecule has 1 N–H and O–H groups in total. The molecule has 2 aliphatic rings. The van der Waals surface area contributed by atoms with Crippen molar-refractivity contribution in [3.05, 3.63) is 28.7 Å². The zero-order chi connectivity index (χ0) is 14.2. The molecule has 4 heteroatoms. The first-order chi connectivity index (χ1) is 9.57. The summed E-state index contributed by atoms with van der Waals surface area (Å²) >= 11 is 0. The molecule has 0 unspecified atom stereocenters. The highest BCUT2D eigenvalue weighted by molar-refractivity contribution is 7.95. The topological polar surface area (TPSA) is 54.4 Å². The Hall–Kier alpha value is -1.29. The van der Waals surface area contributed by atoms with Crippen LogP contribution < -0.4 is 0 Å². The van der Waals surface area contributed by atoms with Crippen LogP contribution in [0.1, 0.15) is 50.5 Å². The summed E-state index contributed by atoms with van der Waals surface area (Å²) in [5.74, 6) is 0.686. The van der Waals surface area contributed by atoms with Crippen molar-refractivity contribution in [3.8, 4) is 5.75 Å². The monoisotopic (exact) mass is 292 g/mol. The zero-order valence-corrected chi connectivity index (χ0v) is 12.3. The summed E-state index contributed by atoms with van der Waals surface area (Å²) in [5, 5.41) is 9.46. The van der Waals surface area contributed by atoms with E-state index in [1.165, 1.54) is 44.2 Å². The number of sulfone groups is 1. The van der Waals surface area contributed by atoms with Gasteiger partial charge < -0.3 is 5.11 Å². The average Bonchev–Trinajstić information content (AvgIpc) is 2.69. The molecule has 0 atom stereocenters. The van der Waals surface area contributed by atoms with Crippen molar-refractivity contribution >= 4 is 15.9 Å². The van der Waals surface area contributed by atoms with E-state index in [1.807, 2.05) is 0 Å². The summed E-state index contributed by atoms with van der Waals surface area (Å²) in [7, 11) is -3.37. The number of aromatic hydroxyl groups is 1. The minimum absolute atomic E-state index is 0.00857. The molecule has 3 rings (SSSR count). The summed E-state index contributed by atoms with van der Waals surface area (Å²) in [6, 6.07) is 4.57. The van der Waals surface area contributed by atoms with Gasteiger partial charge >= 0.3 is 0 Å². The van der Waals surface area contributed by atoms with E-state index in [0.717, 1.165) is 6.42 Å². The van der Waals surface area contributed by atoms with E-state index in [1.54, 1.807) is 12.1 Å². The van der Waals surface area contributed by atoms with Gasteiger partial charge in [-0.15, -0.1) is 0 Å². The predicted octanol–water partition coefficient (Wildman–Crippen LogP) is 3.88. The second kappa shape index (κ2) is 5.24. The third kappa shape index (κ3) is 2.49. The van der Waals surface area contributed by atoms with Crippen molar-refractivity contribution in [1.82, 2.24) is 0 Å². The summed E-state index contributed by atoms with van der Waals surface area (Å²) in [5.41, 5.74) is 0.710. The Kier molecular flexibility index (Phi) is 3.59. The molecule has 1 saturated carbocycles. The number of phenols is 1. The highest BCUT2D eigenvalue weighted by Gasteiger charge is 2.30. The molecule has 0 saturated heterocycles. The Balaban J connectivity index is 1.75. The number of rotatable bonds is 3. The van der Waals surface area contributed by atoms with Crippen LogP contribution in [0.15, 0.2) is 28.0 Å². The maximum atomic E-state index is 12.4. The van der Waals surface area contributed by atoms with Crippen LogP contribution in [0.25, 0.3) is 6.08 Å². The van der Waals surface area contributed by atoms with E-state index in [4.69, 9.17) is 0 Å². The first-order valence-electron chi connectivity index (χ1n) is 7.36. The molecule has 108 valence electrons. The Morgan fingerprint density at radius 2 is 1.90 bits per heavy atom. The van der Waals surface area contributed by atoms with Gasteiger partial charge in [-0.05, 0) is 48.6 Å². The van der Waals surface area contributed by atoms with Crippen molar-refractivity contribution in [3.63, 3.8) is 0 Å².